The van der Waals surface area contributed by atoms with Gasteiger partial charge in [-0.3, -0.25) is 9.69 Å². The lowest BCUT2D eigenvalue weighted by atomic mass is 9.92. The number of nitrogen functional groups attached to an aromatic ring is 1. The van der Waals surface area contributed by atoms with Crippen LogP contribution in [0.5, 0.6) is 6.01 Å². The molecule has 10 nitrogen and oxygen atoms in total. The summed E-state index contributed by atoms with van der Waals surface area (Å²) in [4.78, 5) is 26.6. The molecule has 3 aliphatic heterocycles. The monoisotopic (exact) mass is 742 g/mol. The molecule has 0 radical (unpaired) electrons. The molecule has 17 heteroatoms. The molecule has 0 aliphatic carbocycles. The van der Waals surface area contributed by atoms with Crippen LogP contribution in [0.4, 0.5) is 37.2 Å². The van der Waals surface area contributed by atoms with Gasteiger partial charge in [0.05, 0.1) is 27.4 Å². The fourth-order valence-corrected chi connectivity index (χ4v) is 9.05. The van der Waals surface area contributed by atoms with E-state index >= 15 is 17.6 Å². The number of benzene rings is 2. The van der Waals surface area contributed by atoms with Crippen molar-refractivity contribution in [1.82, 2.24) is 19.8 Å². The van der Waals surface area contributed by atoms with Crippen LogP contribution in [0.15, 0.2) is 18.2 Å². The Hall–Kier alpha value is -4.87. The van der Waals surface area contributed by atoms with Gasteiger partial charge >= 0.3 is 12.2 Å². The quantitative estimate of drug-likeness (QED) is 0.199. The highest BCUT2D eigenvalue weighted by molar-refractivity contribution is 7.23. The van der Waals surface area contributed by atoms with Gasteiger partial charge in [-0.2, -0.15) is 33.7 Å². The van der Waals surface area contributed by atoms with E-state index < -0.39 is 63.7 Å². The van der Waals surface area contributed by atoms with E-state index in [2.05, 4.69) is 9.97 Å². The summed E-state index contributed by atoms with van der Waals surface area (Å²) in [6, 6.07) is 5.44. The summed E-state index contributed by atoms with van der Waals surface area (Å²) in [5, 5.41) is 18.2. The number of nitriles is 2. The molecule has 0 saturated carbocycles. The van der Waals surface area contributed by atoms with Crippen LogP contribution >= 0.6 is 11.3 Å². The maximum Gasteiger partial charge on any atom is 0.417 e. The van der Waals surface area contributed by atoms with Crippen LogP contribution in [0, 0.1) is 34.3 Å². The zero-order valence-electron chi connectivity index (χ0n) is 27.9. The number of likely N-dealkylation sites (N-methyl/N-ethyl adjacent to an activating group) is 1. The van der Waals surface area contributed by atoms with Crippen molar-refractivity contribution < 1.29 is 35.9 Å². The number of thiophene rings is 1. The number of nitrogens with zero attached hydrogens (tertiary/aromatic N) is 7. The number of ether oxygens (including phenoxy) is 1. The van der Waals surface area contributed by atoms with Crippen LogP contribution in [0.2, 0.25) is 0 Å². The summed E-state index contributed by atoms with van der Waals surface area (Å²) in [7, 11) is 0. The van der Waals surface area contributed by atoms with Gasteiger partial charge in [-0.1, -0.05) is 6.07 Å². The highest BCUT2D eigenvalue weighted by Gasteiger charge is 2.49. The first-order valence-corrected chi connectivity index (χ1v) is 17.6. The van der Waals surface area contributed by atoms with Crippen molar-refractivity contribution in [3.8, 4) is 29.3 Å². The first-order chi connectivity index (χ1) is 24.8. The number of hydrogen-bond donors (Lipinski definition) is 1. The summed E-state index contributed by atoms with van der Waals surface area (Å²) in [6.07, 6.45) is -4.50. The van der Waals surface area contributed by atoms with E-state index in [4.69, 9.17) is 15.7 Å². The number of rotatable bonds is 8. The van der Waals surface area contributed by atoms with E-state index in [-0.39, 0.29) is 83.5 Å². The molecule has 3 saturated heterocycles. The molecule has 3 unspecified atom stereocenters. The Bertz CT molecular complexity index is 2180. The smallest absolute Gasteiger partial charge is 0.417 e. The minimum Gasteiger partial charge on any atom is -0.461 e. The maximum absolute atomic E-state index is 17.2. The molecule has 2 aromatic heterocycles. The van der Waals surface area contributed by atoms with Crippen LogP contribution < -0.4 is 15.4 Å². The second-order valence-corrected chi connectivity index (χ2v) is 14.4. The molecule has 52 heavy (non-hydrogen) atoms. The third kappa shape index (κ3) is 5.89. The number of anilines is 2. The van der Waals surface area contributed by atoms with Crippen LogP contribution in [0.1, 0.15) is 50.2 Å². The molecule has 1 amide bonds. The Morgan fingerprint density at radius 2 is 2.00 bits per heavy atom. The van der Waals surface area contributed by atoms with Crippen LogP contribution in [0.3, 0.4) is 0 Å². The predicted octanol–water partition coefficient (Wildman–Crippen LogP) is 6.56. The van der Waals surface area contributed by atoms with E-state index in [0.717, 1.165) is 24.6 Å². The number of nitrogens with two attached hydrogens (primary N) is 1. The van der Waals surface area contributed by atoms with Crippen LogP contribution in [0.25, 0.3) is 32.1 Å². The summed E-state index contributed by atoms with van der Waals surface area (Å²) in [5.41, 5.74) is 1.74. The van der Waals surface area contributed by atoms with E-state index in [1.807, 2.05) is 17.0 Å². The Labute approximate surface area is 298 Å². The first-order valence-electron chi connectivity index (χ1n) is 16.8. The molecule has 3 atom stereocenters. The lowest BCUT2D eigenvalue weighted by Gasteiger charge is -2.32. The molecule has 3 aliphatic rings. The number of alkyl halides is 4. The average Bonchev–Trinajstić information content (AvgIpc) is 3.87. The normalized spacial score (nSPS) is 21.8. The number of aromatic nitrogens is 2. The maximum atomic E-state index is 17.2. The number of fused-ring (bicyclic) bond motifs is 3. The molecule has 272 valence electrons. The second kappa shape index (κ2) is 13.3. The van der Waals surface area contributed by atoms with Gasteiger partial charge in [0.1, 0.15) is 47.4 Å². The van der Waals surface area contributed by atoms with E-state index in [1.54, 1.807) is 11.8 Å². The van der Waals surface area contributed by atoms with Gasteiger partial charge in [-0.05, 0) is 50.4 Å². The summed E-state index contributed by atoms with van der Waals surface area (Å²) in [6.45, 7) is 3.21. The molecular formula is C35H32F6N8O2S. The van der Waals surface area contributed by atoms with Gasteiger partial charge in [0.15, 0.2) is 5.82 Å². The minimum atomic E-state index is -5.15. The zero-order valence-corrected chi connectivity index (χ0v) is 28.7. The Morgan fingerprint density at radius 3 is 2.71 bits per heavy atom. The van der Waals surface area contributed by atoms with E-state index in [9.17, 15) is 18.8 Å². The molecular weight excluding hydrogens is 710 g/mol. The average molecular weight is 743 g/mol. The van der Waals surface area contributed by atoms with Gasteiger partial charge in [-0.15, -0.1) is 11.3 Å². The number of likely N-dealkylation sites (tertiary alicyclic amines) is 1. The van der Waals surface area contributed by atoms with Crippen LogP contribution in [-0.4, -0.2) is 82.8 Å². The zero-order chi connectivity index (χ0) is 37.1. The molecule has 5 heterocycles. The Balaban J connectivity index is 1.44. The van der Waals surface area contributed by atoms with Crippen molar-refractivity contribution >= 4 is 49.1 Å². The number of amides is 1. The summed E-state index contributed by atoms with van der Waals surface area (Å²) in [5.74, 6) is -2.71. The van der Waals surface area contributed by atoms with Gasteiger partial charge < -0.3 is 20.3 Å². The lowest BCUT2D eigenvalue weighted by Crippen LogP contribution is -2.43. The fraction of sp³-hybridized carbons (Fsp3) is 0.457. The van der Waals surface area contributed by atoms with Gasteiger partial charge in [-0.25, -0.2) is 13.2 Å². The highest BCUT2D eigenvalue weighted by atomic mass is 32.1. The van der Waals surface area contributed by atoms with Crippen molar-refractivity contribution in [1.29, 1.82) is 10.5 Å². The van der Waals surface area contributed by atoms with Crippen molar-refractivity contribution in [2.45, 2.75) is 63.0 Å². The SMILES string of the molecule is CCN(c1nc(OCC23CCCN2CC(F)C3)nc2c(F)c(-c3ccc(F)c4sc(N)c(C#N)c34)c(C(F)(F)F)cc12)C1CCN(C(=O)CC#N)C1. The van der Waals surface area contributed by atoms with Crippen molar-refractivity contribution in [2.24, 2.45) is 0 Å². The lowest BCUT2D eigenvalue weighted by molar-refractivity contribution is -0.137. The topological polar surface area (TPSA) is 135 Å². The predicted molar refractivity (Wildman–Crippen MR) is 181 cm³/mol. The van der Waals surface area contributed by atoms with Crippen LogP contribution in [-0.2, 0) is 11.0 Å². The second-order valence-electron chi connectivity index (χ2n) is 13.4. The third-order valence-corrected chi connectivity index (χ3v) is 11.5. The minimum absolute atomic E-state index is 0.0439. The van der Waals surface area contributed by atoms with Gasteiger partial charge in [0, 0.05) is 55.0 Å². The van der Waals surface area contributed by atoms with E-state index in [1.165, 1.54) is 4.90 Å². The number of hydrogen-bond acceptors (Lipinski definition) is 10. The highest BCUT2D eigenvalue weighted by Crippen LogP contribution is 2.48. The number of carbonyl (C=O) groups is 1. The Kier molecular flexibility index (Phi) is 9.07. The van der Waals surface area contributed by atoms with Gasteiger partial charge in [0.2, 0.25) is 5.91 Å². The number of halogens is 6. The molecule has 4 aromatic rings. The molecule has 7 rings (SSSR count). The Morgan fingerprint density at radius 1 is 1.21 bits per heavy atom. The van der Waals surface area contributed by atoms with E-state index in [0.29, 0.717) is 30.7 Å². The standard InChI is InChI=1S/C35H32F6N8O2S/c1-2-49(19-7-11-47(16-19)25(50)6-9-42)32-21-12-23(35(39,40)41)27(20-4-5-24(37)30-26(20)22(14-43)31(44)52-30)28(38)29(21)45-33(46-32)51-17-34-8-3-10-48(34)15-18(36)13-34/h4-5,12,18-19H,2-3,6-8,10-11,13,15-17,44H2,1H3. The fourth-order valence-electron chi connectivity index (χ4n) is 8.10. The third-order valence-electron chi connectivity index (χ3n) is 10.4. The molecule has 2 aromatic carbocycles. The molecule has 3 fully saturated rings. The molecule has 0 bridgehead atoms. The summed E-state index contributed by atoms with van der Waals surface area (Å²) >= 11 is 0.666. The molecule has 0 spiro atoms. The van der Waals surface area contributed by atoms with Crippen molar-refractivity contribution in [3.63, 3.8) is 0 Å². The van der Waals surface area contributed by atoms with Gasteiger partial charge in [0.25, 0.3) is 0 Å². The van der Waals surface area contributed by atoms with Crippen molar-refractivity contribution in [3.05, 3.63) is 41.0 Å². The largest absolute Gasteiger partial charge is 0.461 e. The number of carbonyl (C=O) groups excluding carboxylic acids is 1. The first kappa shape index (κ1) is 35.5. The van der Waals surface area contributed by atoms with Crippen molar-refractivity contribution in [2.75, 3.05) is 50.0 Å². The summed E-state index contributed by atoms with van der Waals surface area (Å²) < 4.78 is 97.7. The molecule has 2 N–H and O–H groups in total.